The lowest BCUT2D eigenvalue weighted by molar-refractivity contribution is -0.150. The van der Waals surface area contributed by atoms with Crippen molar-refractivity contribution in [2.24, 2.45) is 11.8 Å². The molecule has 0 radical (unpaired) electrons. The Labute approximate surface area is 261 Å². The number of carbonyl (C=O) groups excluding carboxylic acids is 4. The second kappa shape index (κ2) is 14.5. The Kier molecular flexibility index (Phi) is 10.9. The summed E-state index contributed by atoms with van der Waals surface area (Å²) in [6, 6.07) is 2.53. The highest BCUT2D eigenvalue weighted by atomic mass is 16.5. The Balaban J connectivity index is 1.71. The smallest absolute Gasteiger partial charge is 0.249 e. The van der Waals surface area contributed by atoms with Gasteiger partial charge in [-0.15, -0.1) is 0 Å². The van der Waals surface area contributed by atoms with Crippen molar-refractivity contribution in [3.05, 3.63) is 30.0 Å². The molecule has 2 bridgehead atoms. The number of hydrogen-bond donors (Lipinski definition) is 2. The number of hydrogen-bond acceptors (Lipinski definition) is 7. The van der Waals surface area contributed by atoms with Crippen molar-refractivity contribution >= 4 is 29.7 Å². The molecular formula is C33H49N5O6. The maximum Gasteiger partial charge on any atom is 0.249 e. The number of nitrogens with one attached hydrogen (secondary N) is 2. The van der Waals surface area contributed by atoms with Crippen molar-refractivity contribution in [3.63, 3.8) is 0 Å². The van der Waals surface area contributed by atoms with E-state index >= 15 is 0 Å². The van der Waals surface area contributed by atoms with Crippen molar-refractivity contribution < 1.29 is 28.7 Å². The number of likely N-dealkylation sites (tertiary alicyclic amines) is 1. The molecule has 1 aromatic rings. The molecule has 0 aliphatic carbocycles. The first kappa shape index (κ1) is 33.3. The van der Waals surface area contributed by atoms with Crippen LogP contribution in [0.2, 0.25) is 0 Å². The summed E-state index contributed by atoms with van der Waals surface area (Å²) in [5.74, 6) is -0.0456. The number of amides is 4. The number of rotatable bonds is 9. The molecule has 3 aliphatic rings. The predicted octanol–water partition coefficient (Wildman–Crippen LogP) is 2.64. The van der Waals surface area contributed by atoms with Crippen molar-refractivity contribution in [2.75, 3.05) is 34.3 Å². The molecule has 0 saturated carbocycles. The van der Waals surface area contributed by atoms with E-state index < -0.39 is 30.3 Å². The van der Waals surface area contributed by atoms with E-state index in [1.807, 2.05) is 46.7 Å². The molecule has 2 N–H and O–H groups in total. The number of fused-ring (bicyclic) bond motifs is 4. The summed E-state index contributed by atoms with van der Waals surface area (Å²) >= 11 is 0. The molecule has 2 saturated heterocycles. The van der Waals surface area contributed by atoms with E-state index in [1.165, 1.54) is 0 Å². The highest BCUT2D eigenvalue weighted by Gasteiger charge is 2.50. The number of nitrogens with zero attached hydrogens (tertiary/aromatic N) is 3. The van der Waals surface area contributed by atoms with Gasteiger partial charge in [-0.1, -0.05) is 40.5 Å². The molecule has 11 nitrogen and oxygen atoms in total. The van der Waals surface area contributed by atoms with E-state index in [-0.39, 0.29) is 35.5 Å². The van der Waals surface area contributed by atoms with Crippen LogP contribution in [0.15, 0.2) is 24.4 Å². The second-order valence-electron chi connectivity index (χ2n) is 12.5. The topological polar surface area (TPSA) is 121 Å². The zero-order valence-electron chi connectivity index (χ0n) is 27.2. The first-order valence-corrected chi connectivity index (χ1v) is 15.9. The molecule has 0 spiro atoms. The predicted molar refractivity (Wildman–Crippen MR) is 168 cm³/mol. The van der Waals surface area contributed by atoms with Crippen LogP contribution < -0.4 is 20.1 Å². The van der Waals surface area contributed by atoms with Gasteiger partial charge in [0, 0.05) is 31.3 Å². The Morgan fingerprint density at radius 2 is 1.84 bits per heavy atom. The molecule has 7 atom stereocenters. The third-order valence-corrected chi connectivity index (χ3v) is 9.48. The Morgan fingerprint density at radius 3 is 2.50 bits per heavy atom. The van der Waals surface area contributed by atoms with Crippen LogP contribution in [0.25, 0.3) is 6.08 Å². The van der Waals surface area contributed by atoms with Gasteiger partial charge in [0.2, 0.25) is 23.6 Å². The standard InChI is InChI=1S/C33H49N5O6/c1-8-20(3)27(35-31(40)28(36(5)6)21(4)9-2)32(41)38-18-15-26-29(38)33(42)37-17-10-11-24(37)30(39)34-16-14-22-19-23(44-26)12-13-25(22)43-7/h12-14,16,19-21,24,26-29H,8-11,15,17-18H2,1-7H3,(H,34,39)(H,35,40)/b16-14-. The van der Waals surface area contributed by atoms with Gasteiger partial charge in [-0.3, -0.25) is 24.1 Å². The first-order valence-electron chi connectivity index (χ1n) is 15.9. The average Bonchev–Trinajstić information content (AvgIpc) is 3.66. The molecule has 0 aromatic heterocycles. The second-order valence-corrected chi connectivity index (χ2v) is 12.5. The summed E-state index contributed by atoms with van der Waals surface area (Å²) in [7, 11) is 5.31. The number of ether oxygens (including phenoxy) is 2. The lowest BCUT2D eigenvalue weighted by Crippen LogP contribution is -2.61. The van der Waals surface area contributed by atoms with Gasteiger partial charge in [-0.2, -0.15) is 0 Å². The summed E-state index contributed by atoms with van der Waals surface area (Å²) in [5.41, 5.74) is 0.706. The molecule has 1 aromatic carbocycles. The van der Waals surface area contributed by atoms with Crippen LogP contribution in [-0.4, -0.2) is 103 Å². The lowest BCUT2D eigenvalue weighted by atomic mass is 9.94. The van der Waals surface area contributed by atoms with Crippen molar-refractivity contribution in [1.82, 2.24) is 25.3 Å². The maximum absolute atomic E-state index is 14.4. The molecule has 11 heteroatoms. The third kappa shape index (κ3) is 6.87. The fraction of sp³-hybridized carbons (Fsp3) is 0.636. The third-order valence-electron chi connectivity index (χ3n) is 9.48. The Morgan fingerprint density at radius 1 is 1.11 bits per heavy atom. The number of likely N-dealkylation sites (N-methyl/N-ethyl adjacent to an activating group) is 1. The summed E-state index contributed by atoms with van der Waals surface area (Å²) in [4.78, 5) is 60.7. The first-order chi connectivity index (χ1) is 21.0. The highest BCUT2D eigenvalue weighted by molar-refractivity contribution is 5.96. The van der Waals surface area contributed by atoms with Crippen molar-refractivity contribution in [2.45, 2.75) is 90.1 Å². The lowest BCUT2D eigenvalue weighted by Gasteiger charge is -2.36. The molecule has 4 amide bonds. The van der Waals surface area contributed by atoms with Gasteiger partial charge >= 0.3 is 0 Å². The molecule has 2 fully saturated rings. The number of benzene rings is 1. The number of methoxy groups -OCH3 is 1. The van der Waals surface area contributed by atoms with Gasteiger partial charge in [-0.25, -0.2) is 0 Å². The van der Waals surface area contributed by atoms with Gasteiger partial charge in [-0.05, 0) is 63.0 Å². The van der Waals surface area contributed by atoms with Crippen LogP contribution in [0.5, 0.6) is 11.5 Å². The normalized spacial score (nSPS) is 25.2. The van der Waals surface area contributed by atoms with Crippen LogP contribution >= 0.6 is 0 Å². The highest BCUT2D eigenvalue weighted by Crippen LogP contribution is 2.32. The van der Waals surface area contributed by atoms with Crippen LogP contribution in [0, 0.1) is 11.8 Å². The average molecular weight is 612 g/mol. The van der Waals surface area contributed by atoms with E-state index in [0.29, 0.717) is 55.8 Å². The fourth-order valence-electron chi connectivity index (χ4n) is 6.63. The van der Waals surface area contributed by atoms with E-state index in [4.69, 9.17) is 9.47 Å². The zero-order chi connectivity index (χ0) is 32.1. The van der Waals surface area contributed by atoms with Crippen molar-refractivity contribution in [3.8, 4) is 11.5 Å². The zero-order valence-corrected chi connectivity index (χ0v) is 27.2. The number of carbonyl (C=O) groups is 4. The molecule has 4 rings (SSSR count). The summed E-state index contributed by atoms with van der Waals surface area (Å²) in [6.07, 6.45) is 5.77. The van der Waals surface area contributed by atoms with E-state index in [2.05, 4.69) is 10.6 Å². The largest absolute Gasteiger partial charge is 0.496 e. The SMILES string of the molecule is CCC(C)C(NC(=O)C(C(C)CC)N(C)C)C(=O)N1CCC2Oc3ccc(OC)c(c3)/C=C\NC(=O)C3CCCN3C(=O)C21. The minimum absolute atomic E-state index is 0.0846. The van der Waals surface area contributed by atoms with Crippen LogP contribution in [0.1, 0.15) is 65.4 Å². The van der Waals surface area contributed by atoms with E-state index in [1.54, 1.807) is 47.4 Å². The van der Waals surface area contributed by atoms with Gasteiger partial charge in [0.05, 0.1) is 13.2 Å². The van der Waals surface area contributed by atoms with Gasteiger partial charge in [0.25, 0.3) is 0 Å². The molecule has 242 valence electrons. The molecule has 3 aliphatic heterocycles. The fourth-order valence-corrected chi connectivity index (χ4v) is 6.63. The molecule has 44 heavy (non-hydrogen) atoms. The van der Waals surface area contributed by atoms with Gasteiger partial charge in [0.15, 0.2) is 0 Å². The Bertz CT molecular complexity index is 1250. The van der Waals surface area contributed by atoms with Crippen LogP contribution in [-0.2, 0) is 19.2 Å². The van der Waals surface area contributed by atoms with Crippen molar-refractivity contribution in [1.29, 1.82) is 0 Å². The van der Waals surface area contributed by atoms with Gasteiger partial charge in [0.1, 0.15) is 35.7 Å². The summed E-state index contributed by atoms with van der Waals surface area (Å²) < 4.78 is 11.9. The summed E-state index contributed by atoms with van der Waals surface area (Å²) in [5, 5.41) is 5.90. The van der Waals surface area contributed by atoms with Crippen LogP contribution in [0.4, 0.5) is 0 Å². The van der Waals surface area contributed by atoms with Crippen LogP contribution in [0.3, 0.4) is 0 Å². The minimum atomic E-state index is -0.946. The maximum atomic E-state index is 14.4. The molecule has 7 unspecified atom stereocenters. The summed E-state index contributed by atoms with van der Waals surface area (Å²) in [6.45, 7) is 8.71. The minimum Gasteiger partial charge on any atom is -0.496 e. The molecule has 3 heterocycles. The quantitative estimate of drug-likeness (QED) is 0.441. The van der Waals surface area contributed by atoms with Gasteiger partial charge < -0.3 is 29.9 Å². The van der Waals surface area contributed by atoms with E-state index in [9.17, 15) is 19.2 Å². The molecular weight excluding hydrogens is 562 g/mol. The monoisotopic (exact) mass is 611 g/mol. The van der Waals surface area contributed by atoms with E-state index in [0.717, 1.165) is 6.42 Å². The Hall–Kier alpha value is -3.60.